The van der Waals surface area contributed by atoms with E-state index >= 15 is 0 Å². The van der Waals surface area contributed by atoms with Crippen LogP contribution in [0.25, 0.3) is 10.6 Å². The van der Waals surface area contributed by atoms with Gasteiger partial charge >= 0.3 is 6.18 Å². The summed E-state index contributed by atoms with van der Waals surface area (Å²) in [5, 5.41) is 9.18. The minimum Gasteiger partial charge on any atom is -0.325 e. The fourth-order valence-electron chi connectivity index (χ4n) is 2.17. The molecule has 136 valence electrons. The summed E-state index contributed by atoms with van der Waals surface area (Å²) in [6.45, 7) is 0. The first-order valence-corrected chi connectivity index (χ1v) is 10.4. The Kier molecular flexibility index (Phi) is 6.00. The van der Waals surface area contributed by atoms with Crippen LogP contribution in [0.4, 0.5) is 18.9 Å². The molecule has 0 aliphatic carbocycles. The number of carbonyl (C=O) groups excluding carboxylic acids is 1. The predicted molar refractivity (Wildman–Crippen MR) is 102 cm³/mol. The molecule has 26 heavy (non-hydrogen) atoms. The van der Waals surface area contributed by atoms with E-state index < -0.39 is 17.6 Å². The van der Waals surface area contributed by atoms with Gasteiger partial charge in [-0.1, -0.05) is 12.1 Å². The number of thioether (sulfide) groups is 1. The zero-order valence-electron chi connectivity index (χ0n) is 13.2. The fourth-order valence-corrected chi connectivity index (χ4v) is 4.52. The number of benzene rings is 1. The van der Waals surface area contributed by atoms with Crippen LogP contribution in [0, 0.1) is 0 Å². The fraction of sp³-hybridized carbons (Fsp3) is 0.176. The number of thiophene rings is 1. The number of rotatable bonds is 6. The molecule has 0 fully saturated rings. The molecule has 2 heterocycles. The number of alkyl halides is 3. The smallest absolute Gasteiger partial charge is 0.325 e. The third-order valence-electron chi connectivity index (χ3n) is 3.31. The second kappa shape index (κ2) is 8.24. The van der Waals surface area contributed by atoms with Gasteiger partial charge in [-0.2, -0.15) is 24.5 Å². The molecule has 0 saturated heterocycles. The van der Waals surface area contributed by atoms with Crippen molar-refractivity contribution in [3.63, 3.8) is 0 Å². The number of para-hydroxylation sites is 1. The predicted octanol–water partition coefficient (Wildman–Crippen LogP) is 5.76. The Morgan fingerprint density at radius 3 is 2.73 bits per heavy atom. The van der Waals surface area contributed by atoms with Crippen molar-refractivity contribution in [2.45, 2.75) is 11.9 Å². The van der Waals surface area contributed by atoms with Crippen molar-refractivity contribution >= 4 is 46.0 Å². The van der Waals surface area contributed by atoms with Crippen molar-refractivity contribution < 1.29 is 18.0 Å². The van der Waals surface area contributed by atoms with E-state index in [1.807, 2.05) is 22.2 Å². The normalized spacial score (nSPS) is 11.5. The van der Waals surface area contributed by atoms with Crippen molar-refractivity contribution in [3.8, 4) is 10.6 Å². The van der Waals surface area contributed by atoms with Gasteiger partial charge in [0.15, 0.2) is 0 Å². The Balaban J connectivity index is 1.53. The van der Waals surface area contributed by atoms with Gasteiger partial charge in [0.25, 0.3) is 0 Å². The Morgan fingerprint density at radius 2 is 2.00 bits per heavy atom. The van der Waals surface area contributed by atoms with Crippen molar-refractivity contribution in [3.05, 3.63) is 57.7 Å². The third kappa shape index (κ3) is 4.87. The Morgan fingerprint density at radius 1 is 1.19 bits per heavy atom. The van der Waals surface area contributed by atoms with Crippen LogP contribution in [0.5, 0.6) is 0 Å². The third-order valence-corrected chi connectivity index (χ3v) is 5.90. The second-order valence-corrected chi connectivity index (χ2v) is 7.86. The number of amides is 1. The molecule has 1 N–H and O–H groups in total. The quantitative estimate of drug-likeness (QED) is 0.557. The van der Waals surface area contributed by atoms with Gasteiger partial charge in [0.05, 0.1) is 22.7 Å². The van der Waals surface area contributed by atoms with E-state index in [4.69, 9.17) is 0 Å². The summed E-state index contributed by atoms with van der Waals surface area (Å²) in [6.07, 6.45) is -4.50. The molecule has 9 heteroatoms. The van der Waals surface area contributed by atoms with Gasteiger partial charge < -0.3 is 5.32 Å². The van der Waals surface area contributed by atoms with Crippen LogP contribution < -0.4 is 5.32 Å². The monoisotopic (exact) mass is 414 g/mol. The first-order chi connectivity index (χ1) is 12.4. The van der Waals surface area contributed by atoms with Crippen molar-refractivity contribution in [1.82, 2.24) is 4.98 Å². The van der Waals surface area contributed by atoms with Gasteiger partial charge in [-0.05, 0) is 23.6 Å². The number of aromatic nitrogens is 1. The number of halogens is 3. The summed E-state index contributed by atoms with van der Waals surface area (Å²) in [4.78, 5) is 16.5. The van der Waals surface area contributed by atoms with Gasteiger partial charge in [-0.15, -0.1) is 23.1 Å². The molecular weight excluding hydrogens is 401 g/mol. The van der Waals surface area contributed by atoms with Crippen molar-refractivity contribution in [1.29, 1.82) is 0 Å². The summed E-state index contributed by atoms with van der Waals surface area (Å²) in [7, 11) is 0. The molecule has 0 aliphatic heterocycles. The van der Waals surface area contributed by atoms with Crippen LogP contribution in [-0.2, 0) is 16.7 Å². The van der Waals surface area contributed by atoms with E-state index in [0.717, 1.165) is 22.3 Å². The maximum absolute atomic E-state index is 12.9. The van der Waals surface area contributed by atoms with E-state index in [9.17, 15) is 18.0 Å². The van der Waals surface area contributed by atoms with Crippen LogP contribution in [0.15, 0.2) is 46.5 Å². The molecule has 0 unspecified atom stereocenters. The van der Waals surface area contributed by atoms with E-state index in [1.54, 1.807) is 11.3 Å². The molecule has 0 bridgehead atoms. The highest BCUT2D eigenvalue weighted by molar-refractivity contribution is 7.99. The number of nitrogens with one attached hydrogen (secondary N) is 1. The number of hydrogen-bond acceptors (Lipinski definition) is 5. The average molecular weight is 414 g/mol. The summed E-state index contributed by atoms with van der Waals surface area (Å²) in [5.74, 6) is 0.104. The van der Waals surface area contributed by atoms with Gasteiger partial charge in [0, 0.05) is 22.1 Å². The van der Waals surface area contributed by atoms with E-state index in [0.29, 0.717) is 5.75 Å². The summed E-state index contributed by atoms with van der Waals surface area (Å²) in [5.41, 5.74) is 0.847. The Hall–Kier alpha value is -1.84. The topological polar surface area (TPSA) is 42.0 Å². The first kappa shape index (κ1) is 18.9. The van der Waals surface area contributed by atoms with E-state index in [1.165, 1.54) is 41.3 Å². The average Bonchev–Trinajstić information content (AvgIpc) is 3.25. The highest BCUT2D eigenvalue weighted by Crippen LogP contribution is 2.34. The molecule has 3 rings (SSSR count). The zero-order valence-corrected chi connectivity index (χ0v) is 15.7. The van der Waals surface area contributed by atoms with Gasteiger partial charge in [0.2, 0.25) is 5.91 Å². The highest BCUT2D eigenvalue weighted by atomic mass is 32.2. The molecule has 3 nitrogen and oxygen atoms in total. The van der Waals surface area contributed by atoms with Crippen molar-refractivity contribution in [2.24, 2.45) is 0 Å². The standard InChI is InChI=1S/C17H13F3N2OS3/c18-17(19,20)13-3-1-2-4-14(13)22-15(23)10-25-8-12-9-26-16(21-12)11-5-6-24-7-11/h1-7,9H,8,10H2,(H,22,23). The molecule has 0 atom stereocenters. The van der Waals surface area contributed by atoms with Crippen molar-refractivity contribution in [2.75, 3.05) is 11.1 Å². The van der Waals surface area contributed by atoms with Crippen LogP contribution in [0.2, 0.25) is 0 Å². The Bertz CT molecular complexity index is 876. The summed E-state index contributed by atoms with van der Waals surface area (Å²) >= 11 is 4.44. The zero-order chi connectivity index (χ0) is 18.6. The molecular formula is C17H13F3N2OS3. The van der Waals surface area contributed by atoms with Gasteiger partial charge in [-0.3, -0.25) is 4.79 Å². The minimum absolute atomic E-state index is 0.0531. The second-order valence-electron chi connectivity index (χ2n) is 5.24. The number of thiazole rings is 1. The molecule has 0 aliphatic rings. The SMILES string of the molecule is O=C(CSCc1csc(-c2ccsc2)n1)Nc1ccccc1C(F)(F)F. The summed E-state index contributed by atoms with van der Waals surface area (Å²) in [6, 6.07) is 6.94. The molecule has 0 saturated carbocycles. The van der Waals surface area contributed by atoms with E-state index in [-0.39, 0.29) is 11.4 Å². The molecule has 0 spiro atoms. The van der Waals surface area contributed by atoms with Crippen LogP contribution in [0.3, 0.4) is 0 Å². The molecule has 0 radical (unpaired) electrons. The largest absolute Gasteiger partial charge is 0.418 e. The lowest BCUT2D eigenvalue weighted by molar-refractivity contribution is -0.137. The van der Waals surface area contributed by atoms with Crippen LogP contribution in [0.1, 0.15) is 11.3 Å². The first-order valence-electron chi connectivity index (χ1n) is 7.44. The lowest BCUT2D eigenvalue weighted by Gasteiger charge is -2.13. The number of carbonyl (C=O) groups is 1. The molecule has 2 aromatic heterocycles. The van der Waals surface area contributed by atoms with Gasteiger partial charge in [-0.25, -0.2) is 4.98 Å². The Labute approximate surface area is 160 Å². The molecule has 3 aromatic rings. The number of hydrogen-bond donors (Lipinski definition) is 1. The van der Waals surface area contributed by atoms with E-state index in [2.05, 4.69) is 10.3 Å². The molecule has 1 aromatic carbocycles. The van der Waals surface area contributed by atoms with Crippen LogP contribution in [-0.4, -0.2) is 16.6 Å². The summed E-state index contributed by atoms with van der Waals surface area (Å²) < 4.78 is 38.8. The van der Waals surface area contributed by atoms with Gasteiger partial charge in [0.1, 0.15) is 5.01 Å². The van der Waals surface area contributed by atoms with Crippen LogP contribution >= 0.6 is 34.4 Å². The lowest BCUT2D eigenvalue weighted by Crippen LogP contribution is -2.18. The number of nitrogens with zero attached hydrogens (tertiary/aromatic N) is 1. The number of anilines is 1. The minimum atomic E-state index is -4.50. The lowest BCUT2D eigenvalue weighted by atomic mass is 10.1. The molecule has 1 amide bonds. The maximum Gasteiger partial charge on any atom is 0.418 e. The highest BCUT2D eigenvalue weighted by Gasteiger charge is 2.33. The maximum atomic E-state index is 12.9.